The van der Waals surface area contributed by atoms with E-state index >= 15 is 0 Å². The molecule has 37 heavy (non-hydrogen) atoms. The lowest BCUT2D eigenvalue weighted by Crippen LogP contribution is -2.53. The van der Waals surface area contributed by atoms with Crippen molar-refractivity contribution in [3.63, 3.8) is 0 Å². The zero-order valence-corrected chi connectivity index (χ0v) is 19.2. The molecular weight excluding hydrogens is 506 g/mol. The monoisotopic (exact) mass is 524 g/mol. The Labute approximate surface area is 205 Å². The summed E-state index contributed by atoms with van der Waals surface area (Å²) in [6.45, 7) is 1.67. The average molecular weight is 524 g/mol. The molecule has 0 aliphatic heterocycles. The number of aryl methyl sites for hydroxylation is 1. The molecular formula is C24H18F6N4O3. The van der Waals surface area contributed by atoms with Crippen LogP contribution in [-0.2, 0) is 12.0 Å². The molecule has 0 aliphatic rings. The maximum absolute atomic E-state index is 13.5. The van der Waals surface area contributed by atoms with Crippen LogP contribution in [0.15, 0.2) is 59.7 Å². The van der Waals surface area contributed by atoms with Crippen LogP contribution in [-0.4, -0.2) is 44.1 Å². The first-order valence-electron chi connectivity index (χ1n) is 10.6. The zero-order chi connectivity index (χ0) is 27.2. The first-order chi connectivity index (χ1) is 17.3. The van der Waals surface area contributed by atoms with E-state index in [1.165, 1.54) is 25.6 Å². The maximum atomic E-state index is 13.5. The maximum Gasteiger partial charge on any atom is 0.430 e. The van der Waals surface area contributed by atoms with E-state index in [0.717, 1.165) is 16.7 Å². The second-order valence-electron chi connectivity index (χ2n) is 8.12. The van der Waals surface area contributed by atoms with Crippen LogP contribution in [0.1, 0.15) is 22.8 Å². The van der Waals surface area contributed by atoms with E-state index in [2.05, 4.69) is 15.0 Å². The van der Waals surface area contributed by atoms with E-state index in [9.17, 15) is 36.2 Å². The number of benzene rings is 2. The van der Waals surface area contributed by atoms with Crippen molar-refractivity contribution in [3.05, 3.63) is 88.0 Å². The Morgan fingerprint density at radius 1 is 0.946 bits per heavy atom. The van der Waals surface area contributed by atoms with Crippen molar-refractivity contribution in [3.8, 4) is 11.4 Å². The highest BCUT2D eigenvalue weighted by molar-refractivity contribution is 5.79. The van der Waals surface area contributed by atoms with Crippen molar-refractivity contribution < 1.29 is 36.2 Å². The Bertz CT molecular complexity index is 1480. The van der Waals surface area contributed by atoms with Gasteiger partial charge >= 0.3 is 12.4 Å². The van der Waals surface area contributed by atoms with Crippen LogP contribution in [0.5, 0.6) is 5.75 Å². The zero-order valence-electron chi connectivity index (χ0n) is 19.2. The van der Waals surface area contributed by atoms with Crippen molar-refractivity contribution in [2.24, 2.45) is 0 Å². The normalized spacial score (nSPS) is 12.7. The highest BCUT2D eigenvalue weighted by Gasteiger charge is 2.71. The number of aromatic nitrogens is 4. The van der Waals surface area contributed by atoms with Gasteiger partial charge in [0, 0.05) is 24.4 Å². The van der Waals surface area contributed by atoms with Crippen LogP contribution in [0.25, 0.3) is 16.6 Å². The van der Waals surface area contributed by atoms with Crippen molar-refractivity contribution in [2.45, 2.75) is 31.3 Å². The van der Waals surface area contributed by atoms with Gasteiger partial charge < -0.3 is 9.84 Å². The van der Waals surface area contributed by atoms with Gasteiger partial charge in [-0.15, -0.1) is 0 Å². The van der Waals surface area contributed by atoms with Gasteiger partial charge in [0.1, 0.15) is 17.4 Å². The van der Waals surface area contributed by atoms with Crippen molar-refractivity contribution >= 4 is 10.9 Å². The molecule has 2 aromatic carbocycles. The second kappa shape index (κ2) is 9.14. The van der Waals surface area contributed by atoms with Crippen LogP contribution >= 0.6 is 0 Å². The third kappa shape index (κ3) is 4.61. The molecule has 1 N–H and O–H groups in total. The van der Waals surface area contributed by atoms with Crippen LogP contribution in [0.4, 0.5) is 26.3 Å². The van der Waals surface area contributed by atoms with E-state index in [1.54, 1.807) is 19.1 Å². The molecule has 13 heteroatoms. The molecule has 0 bridgehead atoms. The Morgan fingerprint density at radius 2 is 1.54 bits per heavy atom. The van der Waals surface area contributed by atoms with E-state index < -0.39 is 29.1 Å². The van der Waals surface area contributed by atoms with Gasteiger partial charge in [-0.1, -0.05) is 12.1 Å². The van der Waals surface area contributed by atoms with Crippen molar-refractivity contribution in [1.29, 1.82) is 0 Å². The molecule has 2 heterocycles. The van der Waals surface area contributed by atoms with Crippen LogP contribution in [0, 0.1) is 6.92 Å². The molecule has 4 aromatic rings. The van der Waals surface area contributed by atoms with Crippen LogP contribution in [0.2, 0.25) is 0 Å². The number of rotatable bonds is 5. The number of alkyl halides is 6. The van der Waals surface area contributed by atoms with E-state index in [0.29, 0.717) is 34.8 Å². The number of halogens is 6. The largest absolute Gasteiger partial charge is 0.497 e. The summed E-state index contributed by atoms with van der Waals surface area (Å²) in [7, 11) is 1.39. The van der Waals surface area contributed by atoms with Crippen molar-refractivity contribution in [1.82, 2.24) is 19.5 Å². The van der Waals surface area contributed by atoms with Gasteiger partial charge in [-0.2, -0.15) is 26.3 Å². The SMILES string of the molecule is COc1ccc2nc(Cc3cnc(C)nc3)n(-c3ccc(C(O)(C(F)(F)F)C(F)(F)F)cc3)c(=O)c2c1. The minimum atomic E-state index is -6.04. The van der Waals surface area contributed by atoms with Gasteiger partial charge in [0.2, 0.25) is 0 Å². The molecule has 0 atom stereocenters. The Kier molecular flexibility index (Phi) is 6.44. The second-order valence-corrected chi connectivity index (χ2v) is 8.12. The topological polar surface area (TPSA) is 90.1 Å². The smallest absolute Gasteiger partial charge is 0.430 e. The highest BCUT2D eigenvalue weighted by Crippen LogP contribution is 2.50. The lowest BCUT2D eigenvalue weighted by molar-refractivity contribution is -0.376. The summed E-state index contributed by atoms with van der Waals surface area (Å²) < 4.78 is 86.0. The molecule has 0 unspecified atom stereocenters. The standard InChI is InChI=1S/C24H18F6N4O3/c1-13-31-11-14(12-32-13)9-20-33-19-8-7-17(37-2)10-18(19)21(35)34(20)16-5-3-15(4-6-16)22(36,23(25,26)27)24(28,29)30/h3-8,10-12,36H,9H2,1-2H3. The Hall–Kier alpha value is -4.00. The predicted molar refractivity (Wildman–Crippen MR) is 119 cm³/mol. The highest BCUT2D eigenvalue weighted by atomic mass is 19.4. The molecule has 2 aromatic heterocycles. The fourth-order valence-electron chi connectivity index (χ4n) is 3.76. The fraction of sp³-hybridized carbons (Fsp3) is 0.250. The lowest BCUT2D eigenvalue weighted by atomic mass is 9.92. The summed E-state index contributed by atoms with van der Waals surface area (Å²) >= 11 is 0. The van der Waals surface area contributed by atoms with Gasteiger partial charge in [0.05, 0.1) is 23.7 Å². The summed E-state index contributed by atoms with van der Waals surface area (Å²) in [6.07, 6.45) is -9.04. The van der Waals surface area contributed by atoms with Crippen LogP contribution < -0.4 is 10.3 Å². The minimum Gasteiger partial charge on any atom is -0.497 e. The van der Waals surface area contributed by atoms with Gasteiger partial charge in [-0.3, -0.25) is 9.36 Å². The van der Waals surface area contributed by atoms with Gasteiger partial charge in [0.15, 0.2) is 0 Å². The molecule has 0 amide bonds. The molecule has 0 saturated heterocycles. The third-order valence-electron chi connectivity index (χ3n) is 5.71. The van der Waals surface area contributed by atoms with Gasteiger partial charge in [0.25, 0.3) is 11.2 Å². The lowest BCUT2D eigenvalue weighted by Gasteiger charge is -2.32. The summed E-state index contributed by atoms with van der Waals surface area (Å²) in [6, 6.07) is 7.24. The molecule has 4 rings (SSSR count). The first kappa shape index (κ1) is 26.1. The number of aliphatic hydroxyl groups is 1. The molecule has 0 radical (unpaired) electrons. The molecule has 0 fully saturated rings. The van der Waals surface area contributed by atoms with Gasteiger partial charge in [-0.05, 0) is 42.8 Å². The summed E-state index contributed by atoms with van der Waals surface area (Å²) in [5.74, 6) is 0.968. The molecule has 194 valence electrons. The van der Waals surface area contributed by atoms with E-state index in [-0.39, 0.29) is 23.3 Å². The number of fused-ring (bicyclic) bond motifs is 1. The molecule has 0 aliphatic carbocycles. The third-order valence-corrected chi connectivity index (χ3v) is 5.71. The van der Waals surface area contributed by atoms with E-state index in [1.807, 2.05) is 0 Å². The van der Waals surface area contributed by atoms with Crippen LogP contribution in [0.3, 0.4) is 0 Å². The number of hydrogen-bond donors (Lipinski definition) is 1. The number of hydrogen-bond acceptors (Lipinski definition) is 6. The summed E-state index contributed by atoms with van der Waals surface area (Å²) in [4.78, 5) is 26.2. The van der Waals surface area contributed by atoms with Gasteiger partial charge in [-0.25, -0.2) is 15.0 Å². The first-order valence-corrected chi connectivity index (χ1v) is 10.6. The predicted octanol–water partition coefficient (Wildman–Crippen LogP) is 4.40. The Morgan fingerprint density at radius 3 is 2.08 bits per heavy atom. The van der Waals surface area contributed by atoms with Crippen molar-refractivity contribution in [2.75, 3.05) is 7.11 Å². The number of nitrogens with zero attached hydrogens (tertiary/aromatic N) is 4. The Balaban J connectivity index is 1.91. The molecule has 0 spiro atoms. The average Bonchev–Trinajstić information content (AvgIpc) is 2.84. The summed E-state index contributed by atoms with van der Waals surface area (Å²) in [5, 5.41) is 9.79. The molecule has 0 saturated carbocycles. The quantitative estimate of drug-likeness (QED) is 0.390. The molecule has 7 nitrogen and oxygen atoms in total. The summed E-state index contributed by atoms with van der Waals surface area (Å²) in [5.41, 5.74) is -6.40. The van der Waals surface area contributed by atoms with E-state index in [4.69, 9.17) is 4.74 Å². The minimum absolute atomic E-state index is 0.0221. The number of methoxy groups -OCH3 is 1. The fourth-order valence-corrected chi connectivity index (χ4v) is 3.76. The number of ether oxygens (including phenoxy) is 1.